The number of benzene rings is 2. The van der Waals surface area contributed by atoms with E-state index in [1.165, 1.54) is 5.56 Å². The zero-order valence-corrected chi connectivity index (χ0v) is 13.5. The number of halogens is 1. The smallest absolute Gasteiger partial charge is 0.257 e. The molecule has 22 heavy (non-hydrogen) atoms. The number of ether oxygens (including phenoxy) is 1. The number of hydrogen-bond donors (Lipinski definition) is 1. The van der Waals surface area contributed by atoms with Gasteiger partial charge in [-0.25, -0.2) is 0 Å². The summed E-state index contributed by atoms with van der Waals surface area (Å²) in [5, 5.41) is 2.79. The fourth-order valence-electron chi connectivity index (χ4n) is 1.93. The van der Waals surface area contributed by atoms with Crippen molar-refractivity contribution in [3.05, 3.63) is 64.1 Å². The van der Waals surface area contributed by atoms with Gasteiger partial charge in [0.25, 0.3) is 5.91 Å². The van der Waals surface area contributed by atoms with E-state index < -0.39 is 0 Å². The van der Waals surface area contributed by atoms with Crippen LogP contribution in [0, 0.1) is 0 Å². The fraction of sp³-hybridized carbons (Fsp3) is 0.176. The molecule has 2 aromatic carbocycles. The highest BCUT2D eigenvalue weighted by molar-refractivity contribution is 9.10. The van der Waals surface area contributed by atoms with Crippen molar-refractivity contribution in [2.45, 2.75) is 6.42 Å². The summed E-state index contributed by atoms with van der Waals surface area (Å²) >= 11 is 3.28. The van der Waals surface area contributed by atoms with Gasteiger partial charge in [-0.15, -0.1) is 0 Å². The quantitative estimate of drug-likeness (QED) is 0.771. The second-order valence-electron chi connectivity index (χ2n) is 4.67. The Labute approximate surface area is 137 Å². The van der Waals surface area contributed by atoms with Gasteiger partial charge in [0.1, 0.15) is 5.75 Å². The Hall–Kier alpha value is -2.14. The molecule has 0 atom stereocenters. The third-order valence-corrected chi connectivity index (χ3v) is 3.53. The molecule has 0 bridgehead atoms. The molecular formula is C17H16BrNO3. The first-order chi connectivity index (χ1) is 10.7. The Morgan fingerprint density at radius 2 is 1.95 bits per heavy atom. The van der Waals surface area contributed by atoms with Crippen LogP contribution in [0.15, 0.2) is 53.0 Å². The van der Waals surface area contributed by atoms with Gasteiger partial charge in [-0.2, -0.15) is 0 Å². The van der Waals surface area contributed by atoms with E-state index in [1.54, 1.807) is 18.2 Å². The lowest BCUT2D eigenvalue weighted by Crippen LogP contribution is -2.30. The molecule has 0 saturated carbocycles. The molecule has 0 radical (unpaired) electrons. The highest BCUT2D eigenvalue weighted by Gasteiger charge is 2.07. The van der Waals surface area contributed by atoms with E-state index in [0.717, 1.165) is 10.9 Å². The van der Waals surface area contributed by atoms with Gasteiger partial charge in [0.05, 0.1) is 5.56 Å². The molecule has 1 amide bonds. The number of rotatable bonds is 7. The second kappa shape index (κ2) is 8.34. The highest BCUT2D eigenvalue weighted by atomic mass is 79.9. The van der Waals surface area contributed by atoms with E-state index in [4.69, 9.17) is 4.74 Å². The van der Waals surface area contributed by atoms with Crippen LogP contribution in [-0.2, 0) is 11.2 Å². The van der Waals surface area contributed by atoms with Crippen LogP contribution in [0.25, 0.3) is 0 Å². The first-order valence-corrected chi connectivity index (χ1v) is 7.66. The zero-order valence-electron chi connectivity index (χ0n) is 11.9. The van der Waals surface area contributed by atoms with Gasteiger partial charge in [-0.1, -0.05) is 46.3 Å². The topological polar surface area (TPSA) is 55.4 Å². The lowest BCUT2D eigenvalue weighted by atomic mass is 10.1. The van der Waals surface area contributed by atoms with Crippen molar-refractivity contribution in [3.63, 3.8) is 0 Å². The van der Waals surface area contributed by atoms with Gasteiger partial charge in [-0.05, 0) is 30.2 Å². The average molecular weight is 362 g/mol. The van der Waals surface area contributed by atoms with Crippen LogP contribution >= 0.6 is 15.9 Å². The van der Waals surface area contributed by atoms with E-state index >= 15 is 0 Å². The normalized spacial score (nSPS) is 10.0. The predicted molar refractivity (Wildman–Crippen MR) is 88.2 cm³/mol. The number of carbonyl (C=O) groups is 2. The molecule has 0 aliphatic heterocycles. The largest absolute Gasteiger partial charge is 0.483 e. The minimum Gasteiger partial charge on any atom is -0.483 e. The summed E-state index contributed by atoms with van der Waals surface area (Å²) in [7, 11) is 0. The first-order valence-electron chi connectivity index (χ1n) is 6.87. The van der Waals surface area contributed by atoms with Crippen molar-refractivity contribution in [3.8, 4) is 5.75 Å². The molecular weight excluding hydrogens is 346 g/mol. The molecule has 0 heterocycles. The first kappa shape index (κ1) is 16.2. The van der Waals surface area contributed by atoms with E-state index in [9.17, 15) is 9.59 Å². The maximum atomic E-state index is 11.7. The van der Waals surface area contributed by atoms with E-state index in [-0.39, 0.29) is 12.5 Å². The molecule has 0 aliphatic rings. The zero-order chi connectivity index (χ0) is 15.8. The number of hydrogen-bond acceptors (Lipinski definition) is 3. The Balaban J connectivity index is 1.77. The number of amides is 1. The number of aldehydes is 1. The second-order valence-corrected chi connectivity index (χ2v) is 5.59. The standard InChI is InChI=1S/C17H16BrNO3/c18-15-6-7-16(14(10-15)11-20)22-12-17(21)19-9-8-13-4-2-1-3-5-13/h1-7,10-11H,8-9,12H2,(H,19,21). The monoisotopic (exact) mass is 361 g/mol. The lowest BCUT2D eigenvalue weighted by molar-refractivity contribution is -0.123. The van der Waals surface area contributed by atoms with Gasteiger partial charge >= 0.3 is 0 Å². The molecule has 0 aliphatic carbocycles. The van der Waals surface area contributed by atoms with Gasteiger partial charge in [0.15, 0.2) is 12.9 Å². The summed E-state index contributed by atoms with van der Waals surface area (Å²) in [6.07, 6.45) is 1.47. The maximum Gasteiger partial charge on any atom is 0.257 e. The van der Waals surface area contributed by atoms with Crippen molar-refractivity contribution in [2.75, 3.05) is 13.2 Å². The minimum absolute atomic E-state index is 0.114. The Morgan fingerprint density at radius 3 is 2.68 bits per heavy atom. The van der Waals surface area contributed by atoms with E-state index in [0.29, 0.717) is 24.1 Å². The summed E-state index contributed by atoms with van der Waals surface area (Å²) in [4.78, 5) is 22.7. The molecule has 4 nitrogen and oxygen atoms in total. The van der Waals surface area contributed by atoms with Gasteiger partial charge in [0.2, 0.25) is 0 Å². The SMILES string of the molecule is O=Cc1cc(Br)ccc1OCC(=O)NCCc1ccccc1. The molecule has 0 spiro atoms. The molecule has 0 fully saturated rings. The fourth-order valence-corrected chi connectivity index (χ4v) is 2.31. The van der Waals surface area contributed by atoms with Crippen molar-refractivity contribution < 1.29 is 14.3 Å². The van der Waals surface area contributed by atoms with Gasteiger partial charge in [0, 0.05) is 11.0 Å². The van der Waals surface area contributed by atoms with Crippen LogP contribution in [0.3, 0.4) is 0 Å². The van der Waals surface area contributed by atoms with Gasteiger partial charge < -0.3 is 10.1 Å². The van der Waals surface area contributed by atoms with Crippen molar-refractivity contribution in [2.24, 2.45) is 0 Å². The third-order valence-electron chi connectivity index (χ3n) is 3.04. The highest BCUT2D eigenvalue weighted by Crippen LogP contribution is 2.21. The van der Waals surface area contributed by atoms with Crippen LogP contribution in [0.2, 0.25) is 0 Å². The molecule has 0 saturated heterocycles. The summed E-state index contributed by atoms with van der Waals surface area (Å²) in [5.41, 5.74) is 1.58. The summed E-state index contributed by atoms with van der Waals surface area (Å²) in [6, 6.07) is 15.0. The number of carbonyl (C=O) groups excluding carboxylic acids is 2. The molecule has 2 rings (SSSR count). The molecule has 1 N–H and O–H groups in total. The molecule has 5 heteroatoms. The lowest BCUT2D eigenvalue weighted by Gasteiger charge is -2.09. The summed E-state index contributed by atoms with van der Waals surface area (Å²) in [5.74, 6) is 0.187. The number of nitrogens with one attached hydrogen (secondary N) is 1. The molecule has 0 unspecified atom stereocenters. The maximum absolute atomic E-state index is 11.7. The van der Waals surface area contributed by atoms with Crippen LogP contribution in [0.1, 0.15) is 15.9 Å². The van der Waals surface area contributed by atoms with Crippen LogP contribution in [0.4, 0.5) is 0 Å². The predicted octanol–water partition coefficient (Wildman–Crippen LogP) is 3.00. The van der Waals surface area contributed by atoms with E-state index in [1.807, 2.05) is 30.3 Å². The van der Waals surface area contributed by atoms with Gasteiger partial charge in [-0.3, -0.25) is 9.59 Å². The summed E-state index contributed by atoms with van der Waals surface area (Å²) in [6.45, 7) is 0.435. The van der Waals surface area contributed by atoms with Crippen LogP contribution in [0.5, 0.6) is 5.75 Å². The average Bonchev–Trinajstić information content (AvgIpc) is 2.54. The Morgan fingerprint density at radius 1 is 1.18 bits per heavy atom. The third kappa shape index (κ3) is 5.00. The van der Waals surface area contributed by atoms with Crippen molar-refractivity contribution in [1.29, 1.82) is 0 Å². The minimum atomic E-state index is -0.212. The summed E-state index contributed by atoms with van der Waals surface area (Å²) < 4.78 is 6.17. The van der Waals surface area contributed by atoms with E-state index in [2.05, 4.69) is 21.2 Å². The van der Waals surface area contributed by atoms with Crippen LogP contribution in [-0.4, -0.2) is 25.3 Å². The Kier molecular flexibility index (Phi) is 6.15. The van der Waals surface area contributed by atoms with Crippen molar-refractivity contribution >= 4 is 28.1 Å². The van der Waals surface area contributed by atoms with Crippen LogP contribution < -0.4 is 10.1 Å². The van der Waals surface area contributed by atoms with Crippen molar-refractivity contribution in [1.82, 2.24) is 5.32 Å². The Bertz CT molecular complexity index is 644. The molecule has 2 aromatic rings. The molecule has 114 valence electrons. The molecule has 0 aromatic heterocycles.